The van der Waals surface area contributed by atoms with Gasteiger partial charge >= 0.3 is 0 Å². The Balaban J connectivity index is 2.37. The summed E-state index contributed by atoms with van der Waals surface area (Å²) in [4.78, 5) is 14.6. The van der Waals surface area contributed by atoms with Gasteiger partial charge in [0.15, 0.2) is 0 Å². The highest BCUT2D eigenvalue weighted by Crippen LogP contribution is 2.29. The van der Waals surface area contributed by atoms with Crippen LogP contribution in [0, 0.1) is 0 Å². The first-order valence-corrected chi connectivity index (χ1v) is 11.6. The summed E-state index contributed by atoms with van der Waals surface area (Å²) in [5.41, 5.74) is 1.76. The third-order valence-electron chi connectivity index (χ3n) is 4.90. The van der Waals surface area contributed by atoms with Gasteiger partial charge in [-0.05, 0) is 42.5 Å². The molecule has 0 aliphatic rings. The number of carbonyl (C=O) groups is 1. The van der Waals surface area contributed by atoms with Gasteiger partial charge in [-0.2, -0.15) is 4.31 Å². The van der Waals surface area contributed by atoms with Crippen LogP contribution in [-0.4, -0.2) is 60.0 Å². The lowest BCUT2D eigenvalue weighted by atomic mass is 10.1. The average Bonchev–Trinajstić information content (AvgIpc) is 2.77. The Morgan fingerprint density at radius 1 is 1.03 bits per heavy atom. The molecule has 0 atom stereocenters. The molecule has 1 amide bonds. The molecule has 0 fully saturated rings. The van der Waals surface area contributed by atoms with Crippen LogP contribution in [0.5, 0.6) is 11.5 Å². The molecule has 0 spiro atoms. The monoisotopic (exact) mass is 461 g/mol. The van der Waals surface area contributed by atoms with Crippen LogP contribution in [0.3, 0.4) is 0 Å². The van der Waals surface area contributed by atoms with Crippen molar-refractivity contribution in [1.29, 1.82) is 0 Å². The molecule has 0 saturated heterocycles. The minimum absolute atomic E-state index is 0.126. The normalized spacial score (nSPS) is 11.6. The van der Waals surface area contributed by atoms with Crippen LogP contribution >= 0.6 is 0 Å². The van der Waals surface area contributed by atoms with Crippen molar-refractivity contribution in [2.45, 2.75) is 18.7 Å². The Morgan fingerprint density at radius 3 is 2.28 bits per heavy atom. The standard InChI is InChI=1S/C23H31N3O5S/c1-7-26(8-2)32(28,29)19-11-12-21(25(3)4)20(16-19)24-23(27)14-9-17-15-18(30-5)10-13-22(17)31-6/h9-16H,7-8H2,1-6H3,(H,24,27)/b14-9+. The van der Waals surface area contributed by atoms with Crippen LogP contribution in [0.25, 0.3) is 6.08 Å². The maximum absolute atomic E-state index is 12.9. The zero-order valence-electron chi connectivity index (χ0n) is 19.4. The Labute approximate surface area is 190 Å². The van der Waals surface area contributed by atoms with Crippen molar-refractivity contribution in [3.05, 3.63) is 48.0 Å². The second-order valence-corrected chi connectivity index (χ2v) is 9.03. The third kappa shape index (κ3) is 5.80. The van der Waals surface area contributed by atoms with Crippen LogP contribution in [-0.2, 0) is 14.8 Å². The van der Waals surface area contributed by atoms with Crippen LogP contribution in [0.4, 0.5) is 11.4 Å². The van der Waals surface area contributed by atoms with Crippen LogP contribution in [0.2, 0.25) is 0 Å². The number of sulfonamides is 1. The van der Waals surface area contributed by atoms with Gasteiger partial charge < -0.3 is 19.7 Å². The van der Waals surface area contributed by atoms with E-state index in [4.69, 9.17) is 9.47 Å². The molecule has 0 bridgehead atoms. The second kappa shape index (κ2) is 11.0. The molecule has 0 heterocycles. The van der Waals surface area contributed by atoms with Gasteiger partial charge in [-0.25, -0.2) is 8.42 Å². The number of methoxy groups -OCH3 is 2. The zero-order valence-corrected chi connectivity index (χ0v) is 20.2. The summed E-state index contributed by atoms with van der Waals surface area (Å²) in [7, 11) is 3.09. The molecule has 32 heavy (non-hydrogen) atoms. The van der Waals surface area contributed by atoms with Crippen molar-refractivity contribution >= 4 is 33.4 Å². The highest BCUT2D eigenvalue weighted by atomic mass is 32.2. The largest absolute Gasteiger partial charge is 0.497 e. The summed E-state index contributed by atoms with van der Waals surface area (Å²) in [6, 6.07) is 9.99. The van der Waals surface area contributed by atoms with Gasteiger partial charge in [0, 0.05) is 38.8 Å². The molecule has 2 rings (SSSR count). The van der Waals surface area contributed by atoms with E-state index in [0.717, 1.165) is 0 Å². The average molecular weight is 462 g/mol. The van der Waals surface area contributed by atoms with E-state index in [1.807, 2.05) is 14.1 Å². The first-order valence-electron chi connectivity index (χ1n) is 10.2. The fourth-order valence-corrected chi connectivity index (χ4v) is 4.67. The van der Waals surface area contributed by atoms with Crippen molar-refractivity contribution in [3.8, 4) is 11.5 Å². The highest BCUT2D eigenvalue weighted by Gasteiger charge is 2.23. The molecule has 0 aliphatic heterocycles. The van der Waals surface area contributed by atoms with Gasteiger partial charge in [0.05, 0.1) is 30.5 Å². The van der Waals surface area contributed by atoms with Crippen LogP contribution in [0.15, 0.2) is 47.4 Å². The van der Waals surface area contributed by atoms with Crippen molar-refractivity contribution in [3.63, 3.8) is 0 Å². The number of hydrogen-bond donors (Lipinski definition) is 1. The Morgan fingerprint density at radius 2 is 1.72 bits per heavy atom. The molecule has 0 radical (unpaired) electrons. The van der Waals surface area contributed by atoms with Crippen molar-refractivity contribution in [1.82, 2.24) is 4.31 Å². The van der Waals surface area contributed by atoms with Crippen LogP contribution in [0.1, 0.15) is 19.4 Å². The summed E-state index contributed by atoms with van der Waals surface area (Å²) in [6.07, 6.45) is 2.98. The first-order chi connectivity index (χ1) is 15.2. The molecular weight excluding hydrogens is 430 g/mol. The maximum atomic E-state index is 12.9. The van der Waals surface area contributed by atoms with E-state index < -0.39 is 15.9 Å². The van der Waals surface area contributed by atoms with Crippen molar-refractivity contribution in [2.24, 2.45) is 0 Å². The number of ether oxygens (including phenoxy) is 2. The molecule has 0 aromatic heterocycles. The van der Waals surface area contributed by atoms with E-state index in [1.165, 1.54) is 16.4 Å². The van der Waals surface area contributed by atoms with Gasteiger partial charge in [0.1, 0.15) is 11.5 Å². The number of amides is 1. The van der Waals surface area contributed by atoms with E-state index in [9.17, 15) is 13.2 Å². The molecule has 2 aromatic carbocycles. The molecule has 2 aromatic rings. The molecule has 174 valence electrons. The number of benzene rings is 2. The molecule has 0 unspecified atom stereocenters. The summed E-state index contributed by atoms with van der Waals surface area (Å²) in [5.74, 6) is 0.821. The van der Waals surface area contributed by atoms with Gasteiger partial charge in [-0.3, -0.25) is 4.79 Å². The predicted molar refractivity (Wildman–Crippen MR) is 128 cm³/mol. The molecule has 1 N–H and O–H groups in total. The SMILES string of the molecule is CCN(CC)S(=O)(=O)c1ccc(N(C)C)c(NC(=O)/C=C/c2cc(OC)ccc2OC)c1. The van der Waals surface area contributed by atoms with Gasteiger partial charge in [-0.15, -0.1) is 0 Å². The summed E-state index contributed by atoms with van der Waals surface area (Å²) in [5, 5.41) is 2.79. The lowest BCUT2D eigenvalue weighted by Gasteiger charge is -2.22. The molecule has 0 saturated carbocycles. The smallest absolute Gasteiger partial charge is 0.248 e. The van der Waals surface area contributed by atoms with Gasteiger partial charge in [-0.1, -0.05) is 13.8 Å². The number of rotatable bonds is 10. The van der Waals surface area contributed by atoms with Gasteiger partial charge in [0.25, 0.3) is 0 Å². The van der Waals surface area contributed by atoms with E-state index in [0.29, 0.717) is 41.5 Å². The summed E-state index contributed by atoms with van der Waals surface area (Å²) < 4.78 is 37.8. The van der Waals surface area contributed by atoms with Gasteiger partial charge in [0.2, 0.25) is 15.9 Å². The number of anilines is 2. The fraction of sp³-hybridized carbons (Fsp3) is 0.348. The maximum Gasteiger partial charge on any atom is 0.248 e. The Hall–Kier alpha value is -3.04. The van der Waals surface area contributed by atoms with Crippen LogP contribution < -0.4 is 19.7 Å². The number of nitrogens with one attached hydrogen (secondary N) is 1. The van der Waals surface area contributed by atoms with E-state index in [2.05, 4.69) is 5.32 Å². The minimum atomic E-state index is -3.66. The second-order valence-electron chi connectivity index (χ2n) is 7.09. The number of carbonyl (C=O) groups excluding carboxylic acids is 1. The number of nitrogens with zero attached hydrogens (tertiary/aromatic N) is 2. The third-order valence-corrected chi connectivity index (χ3v) is 6.95. The van der Waals surface area contributed by atoms with E-state index >= 15 is 0 Å². The summed E-state index contributed by atoms with van der Waals surface area (Å²) in [6.45, 7) is 4.30. The zero-order chi connectivity index (χ0) is 23.9. The Kier molecular flexibility index (Phi) is 8.68. The lowest BCUT2D eigenvalue weighted by molar-refractivity contribution is -0.111. The fourth-order valence-electron chi connectivity index (χ4n) is 3.19. The Bertz CT molecular complexity index is 1080. The summed E-state index contributed by atoms with van der Waals surface area (Å²) >= 11 is 0. The van der Waals surface area contributed by atoms with E-state index in [1.54, 1.807) is 69.4 Å². The first kappa shape index (κ1) is 25.2. The quantitative estimate of drug-likeness (QED) is 0.545. The number of hydrogen-bond acceptors (Lipinski definition) is 6. The molecular formula is C23H31N3O5S. The minimum Gasteiger partial charge on any atom is -0.497 e. The topological polar surface area (TPSA) is 88.2 Å². The lowest BCUT2D eigenvalue weighted by Crippen LogP contribution is -2.30. The highest BCUT2D eigenvalue weighted by molar-refractivity contribution is 7.89. The predicted octanol–water partition coefficient (Wildman–Crippen LogP) is 3.45. The molecule has 9 heteroatoms. The van der Waals surface area contributed by atoms with E-state index in [-0.39, 0.29) is 4.90 Å². The van der Waals surface area contributed by atoms with Crippen molar-refractivity contribution < 1.29 is 22.7 Å². The molecule has 8 nitrogen and oxygen atoms in total. The van der Waals surface area contributed by atoms with Crippen molar-refractivity contribution in [2.75, 3.05) is 51.6 Å². The molecule has 0 aliphatic carbocycles.